The van der Waals surface area contributed by atoms with Crippen molar-refractivity contribution in [3.05, 3.63) is 46.0 Å². The van der Waals surface area contributed by atoms with Crippen LogP contribution in [0.25, 0.3) is 6.08 Å². The molecule has 0 radical (unpaired) electrons. The fraction of sp³-hybridized carbons (Fsp3) is 0.308. The summed E-state index contributed by atoms with van der Waals surface area (Å²) in [6.45, 7) is 2.40. The van der Waals surface area contributed by atoms with Gasteiger partial charge in [0.1, 0.15) is 0 Å². The standard InChI is InChI=1S/C13H15NO4/c1-2-3-9-18-13(15)8-7-11-5-4-6-12(10-11)14(16)17/h4-8,10H,2-3,9H2,1H3/b8-7+. The highest BCUT2D eigenvalue weighted by Gasteiger charge is 2.04. The maximum Gasteiger partial charge on any atom is 0.330 e. The molecule has 0 aromatic heterocycles. The van der Waals surface area contributed by atoms with Gasteiger partial charge in [-0.15, -0.1) is 0 Å². The van der Waals surface area contributed by atoms with Crippen molar-refractivity contribution in [3.63, 3.8) is 0 Å². The first-order chi connectivity index (χ1) is 8.63. The van der Waals surface area contributed by atoms with Gasteiger partial charge in [-0.3, -0.25) is 10.1 Å². The van der Waals surface area contributed by atoms with Crippen LogP contribution in [0, 0.1) is 10.1 Å². The Labute approximate surface area is 105 Å². The number of nitrogens with zero attached hydrogens (tertiary/aromatic N) is 1. The van der Waals surface area contributed by atoms with E-state index in [1.54, 1.807) is 12.1 Å². The molecule has 0 bridgehead atoms. The van der Waals surface area contributed by atoms with Crippen LogP contribution in [0.15, 0.2) is 30.3 Å². The minimum Gasteiger partial charge on any atom is -0.463 e. The van der Waals surface area contributed by atoms with Gasteiger partial charge in [0, 0.05) is 18.2 Å². The Morgan fingerprint density at radius 2 is 2.28 bits per heavy atom. The van der Waals surface area contributed by atoms with Gasteiger partial charge < -0.3 is 4.74 Å². The molecule has 0 unspecified atom stereocenters. The van der Waals surface area contributed by atoms with Crippen molar-refractivity contribution >= 4 is 17.7 Å². The van der Waals surface area contributed by atoms with Crippen LogP contribution in [0.3, 0.4) is 0 Å². The normalized spacial score (nSPS) is 10.5. The molecule has 0 spiro atoms. The molecule has 5 heteroatoms. The van der Waals surface area contributed by atoms with E-state index in [0.717, 1.165) is 12.8 Å². The molecule has 0 aliphatic rings. The number of hydrogen-bond donors (Lipinski definition) is 0. The molecule has 0 aliphatic heterocycles. The molecular formula is C13H15NO4. The summed E-state index contributed by atoms with van der Waals surface area (Å²) in [7, 11) is 0. The van der Waals surface area contributed by atoms with Crippen LogP contribution in [0.2, 0.25) is 0 Å². The maximum atomic E-state index is 11.3. The minimum absolute atomic E-state index is 0.00324. The lowest BCUT2D eigenvalue weighted by Crippen LogP contribution is -2.01. The first-order valence-electron chi connectivity index (χ1n) is 5.72. The molecule has 0 saturated carbocycles. The Kier molecular flexibility index (Phi) is 5.57. The third kappa shape index (κ3) is 4.78. The van der Waals surface area contributed by atoms with Crippen molar-refractivity contribution in [1.82, 2.24) is 0 Å². The molecule has 1 aromatic carbocycles. The van der Waals surface area contributed by atoms with Crippen molar-refractivity contribution in [3.8, 4) is 0 Å². The van der Waals surface area contributed by atoms with Crippen LogP contribution >= 0.6 is 0 Å². The zero-order valence-corrected chi connectivity index (χ0v) is 10.2. The highest BCUT2D eigenvalue weighted by molar-refractivity contribution is 5.87. The van der Waals surface area contributed by atoms with Gasteiger partial charge in [0.15, 0.2) is 0 Å². The molecule has 1 aromatic rings. The lowest BCUT2D eigenvalue weighted by molar-refractivity contribution is -0.384. The molecule has 0 amide bonds. The molecule has 0 saturated heterocycles. The summed E-state index contributed by atoms with van der Waals surface area (Å²) in [6, 6.07) is 6.05. The Balaban J connectivity index is 2.58. The second-order valence-corrected chi connectivity index (χ2v) is 3.71. The second kappa shape index (κ2) is 7.21. The first-order valence-corrected chi connectivity index (χ1v) is 5.72. The number of nitro benzene ring substituents is 1. The predicted molar refractivity (Wildman–Crippen MR) is 68.0 cm³/mol. The molecular weight excluding hydrogens is 234 g/mol. The molecule has 18 heavy (non-hydrogen) atoms. The summed E-state index contributed by atoms with van der Waals surface area (Å²) in [4.78, 5) is 21.3. The van der Waals surface area contributed by atoms with Gasteiger partial charge in [0.25, 0.3) is 5.69 Å². The Morgan fingerprint density at radius 1 is 1.50 bits per heavy atom. The number of non-ortho nitro benzene ring substituents is 1. The third-order valence-corrected chi connectivity index (χ3v) is 2.24. The monoisotopic (exact) mass is 249 g/mol. The van der Waals surface area contributed by atoms with E-state index in [4.69, 9.17) is 4.74 Å². The van der Waals surface area contributed by atoms with Crippen LogP contribution in [-0.4, -0.2) is 17.5 Å². The first kappa shape index (κ1) is 13.9. The van der Waals surface area contributed by atoms with E-state index >= 15 is 0 Å². The third-order valence-electron chi connectivity index (χ3n) is 2.24. The van der Waals surface area contributed by atoms with E-state index in [2.05, 4.69) is 0 Å². The van der Waals surface area contributed by atoms with Crippen LogP contribution in [0.1, 0.15) is 25.3 Å². The Hall–Kier alpha value is -2.17. The van der Waals surface area contributed by atoms with Gasteiger partial charge in [-0.2, -0.15) is 0 Å². The van der Waals surface area contributed by atoms with Gasteiger partial charge in [-0.1, -0.05) is 25.5 Å². The van der Waals surface area contributed by atoms with E-state index in [1.165, 1.54) is 24.3 Å². The summed E-state index contributed by atoms with van der Waals surface area (Å²) < 4.78 is 4.92. The summed E-state index contributed by atoms with van der Waals surface area (Å²) in [6.07, 6.45) is 4.56. The number of ether oxygens (including phenoxy) is 1. The molecule has 0 heterocycles. The van der Waals surface area contributed by atoms with E-state index < -0.39 is 10.9 Å². The topological polar surface area (TPSA) is 69.4 Å². The zero-order chi connectivity index (χ0) is 13.4. The van der Waals surface area contributed by atoms with Crippen LogP contribution in [-0.2, 0) is 9.53 Å². The van der Waals surface area contributed by atoms with Gasteiger partial charge in [0.05, 0.1) is 11.5 Å². The van der Waals surface area contributed by atoms with Gasteiger partial charge in [-0.05, 0) is 18.1 Å². The number of benzene rings is 1. The SMILES string of the molecule is CCCCOC(=O)/C=C/c1cccc([N+](=O)[O-])c1. The number of unbranched alkanes of at least 4 members (excludes halogenated alkanes) is 1. The minimum atomic E-state index is -0.475. The molecule has 5 nitrogen and oxygen atoms in total. The van der Waals surface area contributed by atoms with Crippen LogP contribution in [0.5, 0.6) is 0 Å². The van der Waals surface area contributed by atoms with E-state index in [9.17, 15) is 14.9 Å². The number of esters is 1. The van der Waals surface area contributed by atoms with E-state index in [0.29, 0.717) is 12.2 Å². The lowest BCUT2D eigenvalue weighted by atomic mass is 10.2. The summed E-state index contributed by atoms with van der Waals surface area (Å²) in [5.74, 6) is -0.435. The zero-order valence-electron chi connectivity index (χ0n) is 10.2. The number of carbonyl (C=O) groups is 1. The highest BCUT2D eigenvalue weighted by atomic mass is 16.6. The second-order valence-electron chi connectivity index (χ2n) is 3.71. The summed E-state index contributed by atoms with van der Waals surface area (Å²) in [5, 5.41) is 10.6. The fourth-order valence-electron chi connectivity index (χ4n) is 1.27. The number of nitro groups is 1. The molecule has 0 fully saturated rings. The van der Waals surface area contributed by atoms with Crippen molar-refractivity contribution in [2.75, 3.05) is 6.61 Å². The molecule has 0 N–H and O–H groups in total. The molecule has 96 valence electrons. The Morgan fingerprint density at radius 3 is 2.94 bits per heavy atom. The highest BCUT2D eigenvalue weighted by Crippen LogP contribution is 2.14. The summed E-state index contributed by atoms with van der Waals surface area (Å²) in [5.41, 5.74) is 0.591. The van der Waals surface area contributed by atoms with Gasteiger partial charge in [-0.25, -0.2) is 4.79 Å². The molecule has 0 atom stereocenters. The maximum absolute atomic E-state index is 11.3. The van der Waals surface area contributed by atoms with Gasteiger partial charge in [0.2, 0.25) is 0 Å². The van der Waals surface area contributed by atoms with Crippen molar-refractivity contribution in [2.24, 2.45) is 0 Å². The van der Waals surface area contributed by atoms with E-state index in [-0.39, 0.29) is 5.69 Å². The number of rotatable bonds is 6. The average Bonchev–Trinajstić information content (AvgIpc) is 2.37. The predicted octanol–water partition coefficient (Wildman–Crippen LogP) is 2.95. The molecule has 0 aliphatic carbocycles. The summed E-state index contributed by atoms with van der Waals surface area (Å²) >= 11 is 0. The van der Waals surface area contributed by atoms with Crippen molar-refractivity contribution in [2.45, 2.75) is 19.8 Å². The van der Waals surface area contributed by atoms with Crippen molar-refractivity contribution < 1.29 is 14.5 Å². The van der Waals surface area contributed by atoms with Crippen LogP contribution < -0.4 is 0 Å². The smallest absolute Gasteiger partial charge is 0.330 e. The van der Waals surface area contributed by atoms with E-state index in [1.807, 2.05) is 6.92 Å². The quantitative estimate of drug-likeness (QED) is 0.255. The van der Waals surface area contributed by atoms with Crippen molar-refractivity contribution in [1.29, 1.82) is 0 Å². The number of hydrogen-bond acceptors (Lipinski definition) is 4. The number of carbonyl (C=O) groups excluding carboxylic acids is 1. The lowest BCUT2D eigenvalue weighted by Gasteiger charge is -1.99. The Bertz CT molecular complexity index is 454. The van der Waals surface area contributed by atoms with Crippen LogP contribution in [0.4, 0.5) is 5.69 Å². The molecule has 1 rings (SSSR count). The van der Waals surface area contributed by atoms with Gasteiger partial charge >= 0.3 is 5.97 Å². The largest absolute Gasteiger partial charge is 0.463 e. The average molecular weight is 249 g/mol. The fourth-order valence-corrected chi connectivity index (χ4v) is 1.27.